The number of nitrogens with one attached hydrogen (secondary N) is 1. The van der Waals surface area contributed by atoms with E-state index in [1.165, 1.54) is 6.92 Å². The van der Waals surface area contributed by atoms with Crippen LogP contribution in [0.3, 0.4) is 0 Å². The lowest BCUT2D eigenvalue weighted by Crippen LogP contribution is -2.56. The summed E-state index contributed by atoms with van der Waals surface area (Å²) in [6, 6.07) is -0.489. The molecule has 7 heteroatoms. The number of hydrogen-bond donors (Lipinski definition) is 4. The van der Waals surface area contributed by atoms with Gasteiger partial charge in [-0.05, 0) is 0 Å². The average Bonchev–Trinajstić information content (AvgIpc) is 2.27. The summed E-state index contributed by atoms with van der Waals surface area (Å²) in [6.45, 7) is 0.925. The number of ether oxygens (including phenoxy) is 2. The van der Waals surface area contributed by atoms with Gasteiger partial charge in [0.2, 0.25) is 5.91 Å². The SMILES string of the molecule is CC(=O)N[C@@H]1C[C@@H](O)[C@@H](CO)OC1OCCO. The maximum atomic E-state index is 11.0. The second-order valence-electron chi connectivity index (χ2n) is 3.93. The highest BCUT2D eigenvalue weighted by Crippen LogP contribution is 2.21. The van der Waals surface area contributed by atoms with Crippen LogP contribution < -0.4 is 5.32 Å². The maximum absolute atomic E-state index is 11.0. The molecule has 0 saturated carbocycles. The van der Waals surface area contributed by atoms with E-state index >= 15 is 0 Å². The summed E-state index contributed by atoms with van der Waals surface area (Å²) in [5, 5.41) is 29.9. The van der Waals surface area contributed by atoms with Crippen LogP contribution in [0.4, 0.5) is 0 Å². The number of amides is 1. The van der Waals surface area contributed by atoms with E-state index in [4.69, 9.17) is 19.7 Å². The van der Waals surface area contributed by atoms with Gasteiger partial charge in [0.05, 0.1) is 32.0 Å². The van der Waals surface area contributed by atoms with Crippen LogP contribution in [0.1, 0.15) is 13.3 Å². The third kappa shape index (κ3) is 4.21. The highest BCUT2D eigenvalue weighted by Gasteiger charge is 2.37. The molecule has 1 unspecified atom stereocenters. The molecule has 0 radical (unpaired) electrons. The first-order valence-electron chi connectivity index (χ1n) is 5.52. The van der Waals surface area contributed by atoms with Crippen LogP contribution in [0.2, 0.25) is 0 Å². The fraction of sp³-hybridized carbons (Fsp3) is 0.900. The molecule has 17 heavy (non-hydrogen) atoms. The van der Waals surface area contributed by atoms with Crippen LogP contribution in [-0.4, -0.2) is 65.6 Å². The molecule has 1 heterocycles. The topological polar surface area (TPSA) is 108 Å². The highest BCUT2D eigenvalue weighted by molar-refractivity contribution is 5.73. The van der Waals surface area contributed by atoms with Gasteiger partial charge in [0.1, 0.15) is 6.10 Å². The minimum Gasteiger partial charge on any atom is -0.394 e. The zero-order chi connectivity index (χ0) is 12.8. The van der Waals surface area contributed by atoms with Crippen molar-refractivity contribution in [3.8, 4) is 0 Å². The van der Waals surface area contributed by atoms with E-state index in [9.17, 15) is 9.90 Å². The molecular formula is C10H19NO6. The standard InChI is InChI=1S/C10H19NO6/c1-6(14)11-7-4-8(15)9(5-13)17-10(7)16-3-2-12/h7-10,12-13,15H,2-5H2,1H3,(H,11,14)/t7-,8-,9-,10?/m1/s1. The molecule has 0 bridgehead atoms. The summed E-state index contributed by atoms with van der Waals surface area (Å²) >= 11 is 0. The third-order valence-corrected chi connectivity index (χ3v) is 2.50. The van der Waals surface area contributed by atoms with E-state index in [2.05, 4.69) is 5.32 Å². The minimum atomic E-state index is -0.856. The van der Waals surface area contributed by atoms with Crippen molar-refractivity contribution in [1.82, 2.24) is 5.32 Å². The predicted molar refractivity (Wildman–Crippen MR) is 57.0 cm³/mol. The Morgan fingerprint density at radius 1 is 1.53 bits per heavy atom. The van der Waals surface area contributed by atoms with Crippen molar-refractivity contribution in [3.63, 3.8) is 0 Å². The van der Waals surface area contributed by atoms with Crippen LogP contribution in [0.25, 0.3) is 0 Å². The molecule has 7 nitrogen and oxygen atoms in total. The largest absolute Gasteiger partial charge is 0.394 e. The van der Waals surface area contributed by atoms with Crippen molar-refractivity contribution in [3.05, 3.63) is 0 Å². The summed E-state index contributed by atoms with van der Waals surface area (Å²) < 4.78 is 10.5. The van der Waals surface area contributed by atoms with Gasteiger partial charge in [-0.3, -0.25) is 4.79 Å². The average molecular weight is 249 g/mol. The molecule has 4 N–H and O–H groups in total. The Balaban J connectivity index is 2.60. The molecular weight excluding hydrogens is 230 g/mol. The summed E-state index contributed by atoms with van der Waals surface area (Å²) in [5.41, 5.74) is 0. The Kier molecular flexibility index (Phi) is 5.79. The van der Waals surface area contributed by atoms with Gasteiger partial charge < -0.3 is 30.1 Å². The second kappa shape index (κ2) is 6.87. The van der Waals surface area contributed by atoms with Gasteiger partial charge in [-0.15, -0.1) is 0 Å². The molecule has 1 amide bonds. The van der Waals surface area contributed by atoms with Gasteiger partial charge in [0.25, 0.3) is 0 Å². The van der Waals surface area contributed by atoms with Crippen molar-refractivity contribution in [2.24, 2.45) is 0 Å². The number of aliphatic hydroxyl groups is 3. The monoisotopic (exact) mass is 249 g/mol. The molecule has 1 aliphatic rings. The van der Waals surface area contributed by atoms with Gasteiger partial charge >= 0.3 is 0 Å². The van der Waals surface area contributed by atoms with E-state index in [1.54, 1.807) is 0 Å². The minimum absolute atomic E-state index is 0.0645. The van der Waals surface area contributed by atoms with Crippen molar-refractivity contribution in [2.75, 3.05) is 19.8 Å². The van der Waals surface area contributed by atoms with E-state index in [0.29, 0.717) is 0 Å². The Morgan fingerprint density at radius 2 is 2.24 bits per heavy atom. The zero-order valence-electron chi connectivity index (χ0n) is 9.70. The predicted octanol–water partition coefficient (Wildman–Crippen LogP) is -2.03. The molecule has 0 spiro atoms. The van der Waals surface area contributed by atoms with Crippen LogP contribution in [-0.2, 0) is 14.3 Å². The lowest BCUT2D eigenvalue weighted by molar-refractivity contribution is -0.243. The maximum Gasteiger partial charge on any atom is 0.217 e. The zero-order valence-corrected chi connectivity index (χ0v) is 9.70. The van der Waals surface area contributed by atoms with E-state index < -0.39 is 24.5 Å². The van der Waals surface area contributed by atoms with Crippen LogP contribution in [0.15, 0.2) is 0 Å². The first-order chi connectivity index (χ1) is 8.08. The number of hydrogen-bond acceptors (Lipinski definition) is 6. The molecule has 1 aliphatic heterocycles. The van der Waals surface area contributed by atoms with Crippen molar-refractivity contribution in [2.45, 2.75) is 37.9 Å². The first kappa shape index (κ1) is 14.3. The highest BCUT2D eigenvalue weighted by atomic mass is 16.7. The molecule has 1 rings (SSSR count). The number of rotatable bonds is 5. The number of carbonyl (C=O) groups excluding carboxylic acids is 1. The van der Waals surface area contributed by atoms with E-state index in [-0.39, 0.29) is 32.1 Å². The lowest BCUT2D eigenvalue weighted by Gasteiger charge is -2.38. The van der Waals surface area contributed by atoms with Gasteiger partial charge in [0.15, 0.2) is 6.29 Å². The fourth-order valence-corrected chi connectivity index (χ4v) is 1.76. The van der Waals surface area contributed by atoms with Crippen molar-refractivity contribution >= 4 is 5.91 Å². The molecule has 0 aliphatic carbocycles. The fourth-order valence-electron chi connectivity index (χ4n) is 1.76. The van der Waals surface area contributed by atoms with Crippen LogP contribution >= 0.6 is 0 Å². The van der Waals surface area contributed by atoms with Crippen LogP contribution in [0.5, 0.6) is 0 Å². The Bertz CT molecular complexity index is 249. The van der Waals surface area contributed by atoms with E-state index in [1.807, 2.05) is 0 Å². The molecule has 0 aromatic heterocycles. The Hall–Kier alpha value is -0.730. The smallest absolute Gasteiger partial charge is 0.217 e. The van der Waals surface area contributed by atoms with Gasteiger partial charge in [0, 0.05) is 13.3 Å². The van der Waals surface area contributed by atoms with Gasteiger partial charge in [-0.1, -0.05) is 0 Å². The van der Waals surface area contributed by atoms with Crippen molar-refractivity contribution < 1.29 is 29.6 Å². The Morgan fingerprint density at radius 3 is 2.76 bits per heavy atom. The van der Waals surface area contributed by atoms with Gasteiger partial charge in [-0.25, -0.2) is 0 Å². The van der Waals surface area contributed by atoms with Crippen molar-refractivity contribution in [1.29, 1.82) is 0 Å². The summed E-state index contributed by atoms with van der Waals surface area (Å²) in [5.74, 6) is -0.258. The molecule has 100 valence electrons. The number of aliphatic hydroxyl groups excluding tert-OH is 3. The quantitative estimate of drug-likeness (QED) is 0.447. The molecule has 0 aromatic rings. The second-order valence-corrected chi connectivity index (χ2v) is 3.93. The third-order valence-electron chi connectivity index (χ3n) is 2.50. The first-order valence-corrected chi connectivity index (χ1v) is 5.52. The summed E-state index contributed by atoms with van der Waals surface area (Å²) in [7, 11) is 0. The normalized spacial score (nSPS) is 33.4. The molecule has 1 fully saturated rings. The summed E-state index contributed by atoms with van der Waals surface area (Å²) in [6.07, 6.45) is -2.12. The van der Waals surface area contributed by atoms with E-state index in [0.717, 1.165) is 0 Å². The van der Waals surface area contributed by atoms with Gasteiger partial charge in [-0.2, -0.15) is 0 Å². The summed E-state index contributed by atoms with van der Waals surface area (Å²) in [4.78, 5) is 11.0. The molecule has 0 aromatic carbocycles. The molecule has 1 saturated heterocycles. The lowest BCUT2D eigenvalue weighted by atomic mass is 10.0. The Labute approximate surface area is 99.3 Å². The van der Waals surface area contributed by atoms with Crippen LogP contribution in [0, 0.1) is 0 Å². The molecule has 4 atom stereocenters. The number of carbonyl (C=O) groups is 1.